The molecule has 0 aliphatic heterocycles. The van der Waals surface area contributed by atoms with Gasteiger partial charge < -0.3 is 9.84 Å². The first-order chi connectivity index (χ1) is 13.6. The second-order valence-corrected chi connectivity index (χ2v) is 5.69. The minimum absolute atomic E-state index is 0.0463. The number of aromatic nitrogens is 2. The third-order valence-corrected chi connectivity index (χ3v) is 4.00. The fourth-order valence-corrected chi connectivity index (χ4v) is 2.68. The average molecular weight is 373 g/mol. The Morgan fingerprint density at radius 1 is 1.14 bits per heavy atom. The maximum absolute atomic E-state index is 12.9. The topological polar surface area (TPSA) is 105 Å². The predicted molar refractivity (Wildman–Crippen MR) is 103 cm³/mol. The van der Waals surface area contributed by atoms with Gasteiger partial charge in [0.25, 0.3) is 5.56 Å². The van der Waals surface area contributed by atoms with Crippen molar-refractivity contribution in [3.05, 3.63) is 87.3 Å². The lowest BCUT2D eigenvalue weighted by atomic mass is 10.1. The highest BCUT2D eigenvalue weighted by Crippen LogP contribution is 2.22. The number of nitriles is 1. The number of methoxy groups -OCH3 is 1. The molecule has 0 unspecified atom stereocenters. The molecule has 138 valence electrons. The van der Waals surface area contributed by atoms with Gasteiger partial charge in [-0.3, -0.25) is 4.79 Å². The van der Waals surface area contributed by atoms with Crippen LogP contribution in [0.1, 0.15) is 27.2 Å². The molecule has 7 heteroatoms. The zero-order valence-corrected chi connectivity index (χ0v) is 14.9. The molecule has 0 aliphatic carbocycles. The number of ether oxygens (including phenoxy) is 1. The molecule has 0 aliphatic rings. The Morgan fingerprint density at radius 2 is 1.82 bits per heavy atom. The molecule has 1 aromatic heterocycles. The lowest BCUT2D eigenvalue weighted by Gasteiger charge is -2.12. The van der Waals surface area contributed by atoms with Gasteiger partial charge in [-0.1, -0.05) is 54.6 Å². The van der Waals surface area contributed by atoms with Gasteiger partial charge in [0.1, 0.15) is 23.1 Å². The number of aromatic carboxylic acids is 1. The first kappa shape index (κ1) is 18.6. The Morgan fingerprint density at radius 3 is 2.46 bits per heavy atom. The van der Waals surface area contributed by atoms with Crippen molar-refractivity contribution in [2.75, 3.05) is 7.11 Å². The van der Waals surface area contributed by atoms with E-state index in [4.69, 9.17) is 4.74 Å². The SMILES string of the molecule is COc1ccccc1-n1nc(C(=O)O)c(/C=C/c2ccccc2)c(C#N)c1=O. The summed E-state index contributed by atoms with van der Waals surface area (Å²) in [6, 6.07) is 17.4. The maximum Gasteiger partial charge on any atom is 0.357 e. The summed E-state index contributed by atoms with van der Waals surface area (Å²) in [6.07, 6.45) is 3.04. The van der Waals surface area contributed by atoms with Crippen LogP contribution in [-0.2, 0) is 0 Å². The number of para-hydroxylation sites is 2. The molecule has 0 atom stereocenters. The van der Waals surface area contributed by atoms with Crippen LogP contribution in [-0.4, -0.2) is 28.0 Å². The number of carbonyl (C=O) groups is 1. The van der Waals surface area contributed by atoms with Crippen molar-refractivity contribution in [3.8, 4) is 17.5 Å². The van der Waals surface area contributed by atoms with Gasteiger partial charge in [0.15, 0.2) is 5.69 Å². The molecule has 0 amide bonds. The molecule has 1 N–H and O–H groups in total. The smallest absolute Gasteiger partial charge is 0.357 e. The van der Waals surface area contributed by atoms with Crippen LogP contribution < -0.4 is 10.3 Å². The quantitative estimate of drug-likeness (QED) is 0.737. The van der Waals surface area contributed by atoms with E-state index in [2.05, 4.69) is 5.10 Å². The summed E-state index contributed by atoms with van der Waals surface area (Å²) in [5.74, 6) is -1.03. The average Bonchev–Trinajstić information content (AvgIpc) is 2.72. The number of hydrogen-bond acceptors (Lipinski definition) is 5. The summed E-state index contributed by atoms with van der Waals surface area (Å²) in [7, 11) is 1.42. The number of nitrogens with zero attached hydrogens (tertiary/aromatic N) is 3. The Labute approximate surface area is 160 Å². The highest BCUT2D eigenvalue weighted by atomic mass is 16.5. The molecule has 1 heterocycles. The monoisotopic (exact) mass is 373 g/mol. The molecule has 3 aromatic rings. The molecule has 0 saturated heterocycles. The highest BCUT2D eigenvalue weighted by Gasteiger charge is 2.22. The van der Waals surface area contributed by atoms with Crippen molar-refractivity contribution < 1.29 is 14.6 Å². The predicted octanol–water partition coefficient (Wildman–Crippen LogP) is 2.98. The van der Waals surface area contributed by atoms with Crippen molar-refractivity contribution in [2.45, 2.75) is 0 Å². The third-order valence-electron chi connectivity index (χ3n) is 4.00. The van der Waals surface area contributed by atoms with Gasteiger partial charge in [-0.25, -0.2) is 4.79 Å². The standard InChI is InChI=1S/C21H15N3O4/c1-28-18-10-6-5-9-17(18)24-20(25)16(13-22)15(19(23-24)21(26)27)12-11-14-7-3-2-4-8-14/h2-12H,1H3,(H,26,27)/b12-11+. The highest BCUT2D eigenvalue weighted by molar-refractivity contribution is 5.92. The zero-order valence-electron chi connectivity index (χ0n) is 14.9. The number of carboxylic acids is 1. The number of benzene rings is 2. The summed E-state index contributed by atoms with van der Waals surface area (Å²) < 4.78 is 6.10. The molecule has 0 radical (unpaired) electrons. The molecular formula is C21H15N3O4. The lowest BCUT2D eigenvalue weighted by Crippen LogP contribution is -2.28. The number of rotatable bonds is 5. The van der Waals surface area contributed by atoms with Gasteiger partial charge in [-0.05, 0) is 17.7 Å². The van der Waals surface area contributed by atoms with Crippen LogP contribution in [0.25, 0.3) is 17.8 Å². The molecular weight excluding hydrogens is 358 g/mol. The van der Waals surface area contributed by atoms with E-state index >= 15 is 0 Å². The molecule has 2 aromatic carbocycles. The summed E-state index contributed by atoms with van der Waals surface area (Å²) in [5, 5.41) is 23.2. The second kappa shape index (κ2) is 8.01. The Hall–Kier alpha value is -4.18. The van der Waals surface area contributed by atoms with Crippen molar-refractivity contribution in [3.63, 3.8) is 0 Å². The zero-order chi connectivity index (χ0) is 20.1. The van der Waals surface area contributed by atoms with Crippen molar-refractivity contribution >= 4 is 18.1 Å². The van der Waals surface area contributed by atoms with Crippen LogP contribution in [0.4, 0.5) is 0 Å². The minimum Gasteiger partial charge on any atom is -0.494 e. The van der Waals surface area contributed by atoms with E-state index in [-0.39, 0.29) is 16.8 Å². The number of hydrogen-bond donors (Lipinski definition) is 1. The first-order valence-corrected chi connectivity index (χ1v) is 8.24. The molecule has 28 heavy (non-hydrogen) atoms. The molecule has 0 fully saturated rings. The summed E-state index contributed by atoms with van der Waals surface area (Å²) >= 11 is 0. The Kier molecular flexibility index (Phi) is 5.33. The lowest BCUT2D eigenvalue weighted by molar-refractivity contribution is 0.0688. The Balaban J connectivity index is 2.27. The fraction of sp³-hybridized carbons (Fsp3) is 0.0476. The van der Waals surface area contributed by atoms with Gasteiger partial charge in [-0.2, -0.15) is 15.0 Å². The summed E-state index contributed by atoms with van der Waals surface area (Å²) in [4.78, 5) is 24.7. The van der Waals surface area contributed by atoms with Gasteiger partial charge in [-0.15, -0.1) is 0 Å². The van der Waals surface area contributed by atoms with Gasteiger partial charge in [0.2, 0.25) is 0 Å². The summed E-state index contributed by atoms with van der Waals surface area (Å²) in [6.45, 7) is 0. The molecule has 0 saturated carbocycles. The van der Waals surface area contributed by atoms with Crippen LogP contribution in [0.3, 0.4) is 0 Å². The van der Waals surface area contributed by atoms with E-state index in [0.717, 1.165) is 10.2 Å². The van der Waals surface area contributed by atoms with E-state index in [1.165, 1.54) is 13.2 Å². The fourth-order valence-electron chi connectivity index (χ4n) is 2.68. The van der Waals surface area contributed by atoms with Crippen molar-refractivity contribution in [1.82, 2.24) is 9.78 Å². The summed E-state index contributed by atoms with van der Waals surface area (Å²) in [5.41, 5.74) is -0.469. The van der Waals surface area contributed by atoms with Gasteiger partial charge in [0, 0.05) is 5.56 Å². The molecule has 3 rings (SSSR count). The van der Waals surface area contributed by atoms with E-state index in [1.807, 2.05) is 36.4 Å². The van der Waals surface area contributed by atoms with E-state index in [0.29, 0.717) is 5.75 Å². The van der Waals surface area contributed by atoms with Crippen LogP contribution >= 0.6 is 0 Å². The maximum atomic E-state index is 12.9. The second-order valence-electron chi connectivity index (χ2n) is 5.69. The van der Waals surface area contributed by atoms with Crippen LogP contribution in [0.2, 0.25) is 0 Å². The van der Waals surface area contributed by atoms with E-state index in [1.54, 1.807) is 30.3 Å². The van der Waals surface area contributed by atoms with E-state index in [9.17, 15) is 20.0 Å². The van der Waals surface area contributed by atoms with Crippen molar-refractivity contribution in [2.24, 2.45) is 0 Å². The molecule has 0 bridgehead atoms. The van der Waals surface area contributed by atoms with Crippen LogP contribution in [0, 0.1) is 11.3 Å². The largest absolute Gasteiger partial charge is 0.494 e. The molecule has 0 spiro atoms. The normalized spacial score (nSPS) is 10.6. The number of carboxylic acid groups (broad SMARTS) is 1. The minimum atomic E-state index is -1.35. The van der Waals surface area contributed by atoms with E-state index < -0.39 is 17.2 Å². The van der Waals surface area contributed by atoms with Crippen LogP contribution in [0.15, 0.2) is 59.4 Å². The van der Waals surface area contributed by atoms with Gasteiger partial charge in [0.05, 0.1) is 7.11 Å². The Bertz CT molecular complexity index is 1160. The first-order valence-electron chi connectivity index (χ1n) is 8.24. The van der Waals surface area contributed by atoms with Gasteiger partial charge >= 0.3 is 5.97 Å². The third kappa shape index (κ3) is 3.52. The molecule has 7 nitrogen and oxygen atoms in total. The van der Waals surface area contributed by atoms with Crippen LogP contribution in [0.5, 0.6) is 5.75 Å². The van der Waals surface area contributed by atoms with Crippen molar-refractivity contribution in [1.29, 1.82) is 5.26 Å².